The van der Waals surface area contributed by atoms with Crippen molar-refractivity contribution in [1.82, 2.24) is 10.2 Å². The van der Waals surface area contributed by atoms with Crippen LogP contribution in [0.2, 0.25) is 0 Å². The summed E-state index contributed by atoms with van der Waals surface area (Å²) in [5.41, 5.74) is 5.00. The maximum atomic E-state index is 12.3. The van der Waals surface area contributed by atoms with E-state index in [4.69, 9.17) is 5.73 Å². The molecule has 1 fully saturated rings. The molecule has 6 heteroatoms. The molecule has 0 saturated carbocycles. The fourth-order valence-electron chi connectivity index (χ4n) is 2.38. The second-order valence-corrected chi connectivity index (χ2v) is 7.15. The molecule has 0 aromatic rings. The van der Waals surface area contributed by atoms with Crippen LogP contribution in [0.3, 0.4) is 0 Å². The zero-order valence-corrected chi connectivity index (χ0v) is 12.9. The SMILES string of the molecule is CC(C)(C)CC(N)CC(=O)N1CC(=O)NC(=O)C1(C)C. The summed E-state index contributed by atoms with van der Waals surface area (Å²) in [6, 6.07) is -0.279. The number of nitrogens with zero attached hydrogens (tertiary/aromatic N) is 1. The Hall–Kier alpha value is -1.43. The fraction of sp³-hybridized carbons (Fsp3) is 0.786. The maximum Gasteiger partial charge on any atom is 0.252 e. The average Bonchev–Trinajstić information content (AvgIpc) is 2.20. The molecule has 0 spiro atoms. The highest BCUT2D eigenvalue weighted by Crippen LogP contribution is 2.23. The van der Waals surface area contributed by atoms with E-state index in [0.29, 0.717) is 6.42 Å². The summed E-state index contributed by atoms with van der Waals surface area (Å²) < 4.78 is 0. The summed E-state index contributed by atoms with van der Waals surface area (Å²) in [5, 5.41) is 2.24. The molecule has 1 saturated heterocycles. The van der Waals surface area contributed by atoms with E-state index in [-0.39, 0.29) is 30.3 Å². The third kappa shape index (κ3) is 4.03. The van der Waals surface area contributed by atoms with Crippen molar-refractivity contribution in [1.29, 1.82) is 0 Å². The minimum Gasteiger partial charge on any atom is -0.327 e. The van der Waals surface area contributed by atoms with Gasteiger partial charge in [0.25, 0.3) is 5.91 Å². The molecule has 3 amide bonds. The molecule has 0 aliphatic carbocycles. The van der Waals surface area contributed by atoms with E-state index < -0.39 is 17.4 Å². The fourth-order valence-corrected chi connectivity index (χ4v) is 2.38. The van der Waals surface area contributed by atoms with Crippen molar-refractivity contribution in [2.24, 2.45) is 11.1 Å². The van der Waals surface area contributed by atoms with E-state index in [1.807, 2.05) is 0 Å². The lowest BCUT2D eigenvalue weighted by molar-refractivity contribution is -0.155. The van der Waals surface area contributed by atoms with Gasteiger partial charge in [-0.1, -0.05) is 20.8 Å². The van der Waals surface area contributed by atoms with E-state index in [1.165, 1.54) is 4.90 Å². The minimum absolute atomic E-state index is 0.0321. The summed E-state index contributed by atoms with van der Waals surface area (Å²) >= 11 is 0. The lowest BCUT2D eigenvalue weighted by Gasteiger charge is -2.40. The number of hydrogen-bond donors (Lipinski definition) is 2. The summed E-state index contributed by atoms with van der Waals surface area (Å²) in [4.78, 5) is 36.9. The van der Waals surface area contributed by atoms with E-state index in [9.17, 15) is 14.4 Å². The Labute approximate surface area is 120 Å². The molecule has 1 rings (SSSR count). The standard InChI is InChI=1S/C14H25N3O3/c1-13(2,3)7-9(15)6-11(19)17-8-10(18)16-12(20)14(17,4)5/h9H,6-8,15H2,1-5H3,(H,16,18,20). The van der Waals surface area contributed by atoms with E-state index in [0.717, 1.165) is 0 Å². The van der Waals surface area contributed by atoms with Gasteiger partial charge in [-0.25, -0.2) is 0 Å². The second kappa shape index (κ2) is 5.52. The first-order valence-corrected chi connectivity index (χ1v) is 6.84. The maximum absolute atomic E-state index is 12.3. The van der Waals surface area contributed by atoms with Gasteiger partial charge in [0, 0.05) is 12.5 Å². The van der Waals surface area contributed by atoms with Gasteiger partial charge >= 0.3 is 0 Å². The predicted octanol–water partition coefficient (Wildman–Crippen LogP) is 0.404. The Bertz CT molecular complexity index is 424. The molecular formula is C14H25N3O3. The van der Waals surface area contributed by atoms with Crippen LogP contribution >= 0.6 is 0 Å². The van der Waals surface area contributed by atoms with Crippen molar-refractivity contribution in [3.05, 3.63) is 0 Å². The van der Waals surface area contributed by atoms with Crippen LogP contribution in [0.4, 0.5) is 0 Å². The van der Waals surface area contributed by atoms with Crippen LogP contribution in [0.1, 0.15) is 47.5 Å². The van der Waals surface area contributed by atoms with Gasteiger partial charge in [-0.3, -0.25) is 19.7 Å². The van der Waals surface area contributed by atoms with Gasteiger partial charge in [-0.15, -0.1) is 0 Å². The van der Waals surface area contributed by atoms with Crippen LogP contribution in [-0.2, 0) is 14.4 Å². The number of nitrogens with two attached hydrogens (primary N) is 1. The number of amides is 3. The smallest absolute Gasteiger partial charge is 0.252 e. The highest BCUT2D eigenvalue weighted by atomic mass is 16.2. The van der Waals surface area contributed by atoms with Crippen LogP contribution in [0, 0.1) is 5.41 Å². The first-order chi connectivity index (χ1) is 8.93. The minimum atomic E-state index is -1.02. The zero-order valence-electron chi connectivity index (χ0n) is 12.9. The van der Waals surface area contributed by atoms with Crippen LogP contribution in [0.5, 0.6) is 0 Å². The predicted molar refractivity (Wildman–Crippen MR) is 75.6 cm³/mol. The summed E-state index contributed by atoms with van der Waals surface area (Å²) in [6.07, 6.45) is 0.842. The van der Waals surface area contributed by atoms with Crippen molar-refractivity contribution in [3.63, 3.8) is 0 Å². The van der Waals surface area contributed by atoms with Gasteiger partial charge in [0.05, 0.1) is 0 Å². The highest BCUT2D eigenvalue weighted by molar-refractivity contribution is 6.06. The van der Waals surface area contributed by atoms with Crippen molar-refractivity contribution in [2.45, 2.75) is 59.0 Å². The second-order valence-electron chi connectivity index (χ2n) is 7.15. The quantitative estimate of drug-likeness (QED) is 0.733. The Morgan fingerprint density at radius 3 is 2.45 bits per heavy atom. The molecule has 3 N–H and O–H groups in total. The number of hydrogen-bond acceptors (Lipinski definition) is 4. The Balaban J connectivity index is 2.75. The molecule has 6 nitrogen and oxygen atoms in total. The first-order valence-electron chi connectivity index (χ1n) is 6.84. The third-order valence-electron chi connectivity index (χ3n) is 3.40. The van der Waals surface area contributed by atoms with Gasteiger partial charge in [0.2, 0.25) is 11.8 Å². The van der Waals surface area contributed by atoms with Crippen LogP contribution < -0.4 is 11.1 Å². The highest BCUT2D eigenvalue weighted by Gasteiger charge is 2.43. The van der Waals surface area contributed by atoms with E-state index >= 15 is 0 Å². The summed E-state index contributed by atoms with van der Waals surface area (Å²) in [7, 11) is 0. The molecule has 0 radical (unpaired) electrons. The molecule has 1 unspecified atom stereocenters. The number of carbonyl (C=O) groups excluding carboxylic acids is 3. The monoisotopic (exact) mass is 283 g/mol. The van der Waals surface area contributed by atoms with Gasteiger partial charge < -0.3 is 10.6 Å². The molecule has 0 bridgehead atoms. The van der Waals surface area contributed by atoms with Gasteiger partial charge in [0.1, 0.15) is 12.1 Å². The molecule has 0 aromatic carbocycles. The lowest BCUT2D eigenvalue weighted by atomic mass is 9.87. The van der Waals surface area contributed by atoms with E-state index in [1.54, 1.807) is 13.8 Å². The number of piperazine rings is 1. The van der Waals surface area contributed by atoms with Gasteiger partial charge in [0.15, 0.2) is 0 Å². The Kier molecular flexibility index (Phi) is 4.59. The molecule has 114 valence electrons. The number of imide groups is 1. The third-order valence-corrected chi connectivity index (χ3v) is 3.40. The average molecular weight is 283 g/mol. The summed E-state index contributed by atoms with van der Waals surface area (Å²) in [5.74, 6) is -1.16. The molecular weight excluding hydrogens is 258 g/mol. The summed E-state index contributed by atoms with van der Waals surface area (Å²) in [6.45, 7) is 9.32. The van der Waals surface area contributed by atoms with Crippen molar-refractivity contribution >= 4 is 17.7 Å². The Morgan fingerprint density at radius 2 is 1.95 bits per heavy atom. The Morgan fingerprint density at radius 1 is 1.40 bits per heavy atom. The van der Waals surface area contributed by atoms with Crippen LogP contribution in [0.25, 0.3) is 0 Å². The normalized spacial score (nSPS) is 20.6. The van der Waals surface area contributed by atoms with Crippen molar-refractivity contribution in [3.8, 4) is 0 Å². The van der Waals surface area contributed by atoms with E-state index in [2.05, 4.69) is 26.1 Å². The largest absolute Gasteiger partial charge is 0.327 e. The molecule has 1 aliphatic rings. The number of nitrogens with one attached hydrogen (secondary N) is 1. The van der Waals surface area contributed by atoms with Crippen LogP contribution in [0.15, 0.2) is 0 Å². The topological polar surface area (TPSA) is 92.5 Å². The lowest BCUT2D eigenvalue weighted by Crippen LogP contribution is -2.65. The van der Waals surface area contributed by atoms with Gasteiger partial charge in [-0.2, -0.15) is 0 Å². The number of rotatable bonds is 3. The van der Waals surface area contributed by atoms with Crippen molar-refractivity contribution < 1.29 is 14.4 Å². The molecule has 1 atom stereocenters. The first kappa shape index (κ1) is 16.6. The zero-order chi connectivity index (χ0) is 15.7. The molecule has 1 aliphatic heterocycles. The van der Waals surface area contributed by atoms with Crippen molar-refractivity contribution in [2.75, 3.05) is 6.54 Å². The molecule has 20 heavy (non-hydrogen) atoms. The van der Waals surface area contributed by atoms with Gasteiger partial charge in [-0.05, 0) is 25.7 Å². The number of carbonyl (C=O) groups is 3. The molecule has 1 heterocycles. The molecule has 0 aromatic heterocycles. The van der Waals surface area contributed by atoms with Crippen LogP contribution in [-0.4, -0.2) is 40.7 Å².